The van der Waals surface area contributed by atoms with E-state index in [0.29, 0.717) is 12.9 Å². The number of nitrogens with one attached hydrogen (secondary N) is 1. The summed E-state index contributed by atoms with van der Waals surface area (Å²) in [6.45, 7) is 4.16. The van der Waals surface area contributed by atoms with Crippen molar-refractivity contribution >= 4 is 12.3 Å². The molecule has 0 aliphatic carbocycles. The minimum absolute atomic E-state index is 0.112. The summed E-state index contributed by atoms with van der Waals surface area (Å²) in [7, 11) is 0. The van der Waals surface area contributed by atoms with Crippen LogP contribution in [0.5, 0.6) is 0 Å². The van der Waals surface area contributed by atoms with Gasteiger partial charge in [0.15, 0.2) is 0 Å². The molecule has 134 valence electrons. The van der Waals surface area contributed by atoms with Crippen LogP contribution in [0.2, 0.25) is 6.32 Å². The van der Waals surface area contributed by atoms with Crippen LogP contribution in [0, 0.1) is 6.92 Å². The fraction of sp³-hybridized carbons (Fsp3) is 0.280. The molecule has 0 spiro atoms. The van der Waals surface area contributed by atoms with E-state index in [2.05, 4.69) is 91.9 Å². The summed E-state index contributed by atoms with van der Waals surface area (Å²) >= 11 is 0. The molecule has 3 aromatic rings. The first-order valence-corrected chi connectivity index (χ1v) is 10.3. The summed E-state index contributed by atoms with van der Waals surface area (Å²) in [5, 5.41) is 0. The standard InChI is InChI=1S/C25H26BN/c1-20-11-8-9-16-23(20)26-19-25(21-12-4-2-5-13-21,22-14-6-3-7-15-22)24-17-10-18-27(24)26/h2-9,11-16,24H,10,17-19H2,1H3/p+1/t24-/m0/s1. The molecule has 2 aliphatic heterocycles. The first-order chi connectivity index (χ1) is 13.3. The highest BCUT2D eigenvalue weighted by Crippen LogP contribution is 2.44. The molecule has 2 atom stereocenters. The fourth-order valence-electron chi connectivity index (χ4n) is 6.01. The molecule has 1 nitrogen and oxygen atoms in total. The van der Waals surface area contributed by atoms with Gasteiger partial charge in [0.2, 0.25) is 0 Å². The second-order valence-corrected chi connectivity index (χ2v) is 8.34. The van der Waals surface area contributed by atoms with E-state index in [0.717, 1.165) is 0 Å². The minimum atomic E-state index is 0.112. The van der Waals surface area contributed by atoms with Crippen molar-refractivity contribution in [2.24, 2.45) is 0 Å². The van der Waals surface area contributed by atoms with E-state index in [1.807, 2.05) is 0 Å². The molecule has 0 saturated carbocycles. The molecule has 0 radical (unpaired) electrons. The van der Waals surface area contributed by atoms with Crippen molar-refractivity contribution in [3.63, 3.8) is 0 Å². The molecule has 0 bridgehead atoms. The fourth-order valence-corrected chi connectivity index (χ4v) is 6.01. The van der Waals surface area contributed by atoms with Gasteiger partial charge in [-0.05, 0) is 23.5 Å². The second kappa shape index (κ2) is 6.69. The van der Waals surface area contributed by atoms with Crippen molar-refractivity contribution in [3.05, 3.63) is 102 Å². The van der Waals surface area contributed by atoms with Gasteiger partial charge in [-0.1, -0.05) is 90.5 Å². The van der Waals surface area contributed by atoms with E-state index in [-0.39, 0.29) is 5.41 Å². The molecule has 2 fully saturated rings. The van der Waals surface area contributed by atoms with Crippen molar-refractivity contribution < 1.29 is 4.81 Å². The largest absolute Gasteiger partial charge is 0.441 e. The predicted octanol–water partition coefficient (Wildman–Crippen LogP) is 3.24. The minimum Gasteiger partial charge on any atom is -0.397 e. The van der Waals surface area contributed by atoms with Gasteiger partial charge in [0.25, 0.3) is 0 Å². The quantitative estimate of drug-likeness (QED) is 0.691. The van der Waals surface area contributed by atoms with Crippen molar-refractivity contribution in [3.8, 4) is 0 Å². The maximum Gasteiger partial charge on any atom is 0.441 e. The molecule has 2 saturated heterocycles. The Balaban J connectivity index is 1.71. The number of hydrogen-bond acceptors (Lipinski definition) is 0. The number of aryl methyl sites for hydroxylation is 1. The highest BCUT2D eigenvalue weighted by Gasteiger charge is 2.62. The number of rotatable bonds is 3. The van der Waals surface area contributed by atoms with Gasteiger partial charge in [0.1, 0.15) is 0 Å². The van der Waals surface area contributed by atoms with Crippen molar-refractivity contribution in [2.75, 3.05) is 6.54 Å². The van der Waals surface area contributed by atoms with Gasteiger partial charge in [-0.2, -0.15) is 0 Å². The normalized spacial score (nSPS) is 23.4. The Morgan fingerprint density at radius 1 is 0.815 bits per heavy atom. The maximum absolute atomic E-state index is 2.37. The summed E-state index contributed by atoms with van der Waals surface area (Å²) in [5.41, 5.74) is 6.10. The Morgan fingerprint density at radius 3 is 2.04 bits per heavy atom. The van der Waals surface area contributed by atoms with Crippen LogP contribution in [0.3, 0.4) is 0 Å². The van der Waals surface area contributed by atoms with Crippen LogP contribution in [-0.4, -0.2) is 19.4 Å². The highest BCUT2D eigenvalue weighted by atomic mass is 15.2. The third-order valence-electron chi connectivity index (χ3n) is 7.12. The topological polar surface area (TPSA) is 4.44 Å². The molecule has 0 aromatic heterocycles. The molecule has 2 aliphatic rings. The third kappa shape index (κ3) is 2.58. The van der Waals surface area contributed by atoms with Gasteiger partial charge in [0, 0.05) is 19.2 Å². The van der Waals surface area contributed by atoms with Crippen LogP contribution in [-0.2, 0) is 5.41 Å². The zero-order valence-electron chi connectivity index (χ0n) is 16.1. The molecular formula is C25H27BN+. The monoisotopic (exact) mass is 352 g/mol. The van der Waals surface area contributed by atoms with E-state index in [1.54, 1.807) is 10.3 Å². The smallest absolute Gasteiger partial charge is 0.397 e. The van der Waals surface area contributed by atoms with Gasteiger partial charge in [-0.3, -0.25) is 0 Å². The number of hydrogen-bond donors (Lipinski definition) is 1. The Labute approximate surface area is 163 Å². The molecule has 3 aromatic carbocycles. The zero-order valence-corrected chi connectivity index (χ0v) is 16.1. The van der Waals surface area contributed by atoms with Crippen LogP contribution in [0.25, 0.3) is 0 Å². The summed E-state index contributed by atoms with van der Waals surface area (Å²) in [4.78, 5) is 1.80. The number of benzene rings is 3. The molecular weight excluding hydrogens is 325 g/mol. The van der Waals surface area contributed by atoms with Gasteiger partial charge in [-0.15, -0.1) is 0 Å². The Kier molecular flexibility index (Phi) is 4.17. The lowest BCUT2D eigenvalue weighted by Gasteiger charge is -2.35. The number of fused-ring (bicyclic) bond motifs is 1. The maximum atomic E-state index is 2.37. The average Bonchev–Trinajstić information content (AvgIpc) is 3.32. The Bertz CT molecular complexity index is 882. The van der Waals surface area contributed by atoms with Crippen molar-refractivity contribution in [2.45, 2.75) is 37.5 Å². The second-order valence-electron chi connectivity index (χ2n) is 8.34. The highest BCUT2D eigenvalue weighted by molar-refractivity contribution is 6.67. The van der Waals surface area contributed by atoms with Crippen LogP contribution in [0.4, 0.5) is 0 Å². The molecule has 0 amide bonds. The van der Waals surface area contributed by atoms with E-state index < -0.39 is 0 Å². The lowest BCUT2D eigenvalue weighted by atomic mass is 9.48. The summed E-state index contributed by atoms with van der Waals surface area (Å²) in [6, 6.07) is 32.3. The molecule has 5 rings (SSSR count). The van der Waals surface area contributed by atoms with E-state index in [9.17, 15) is 0 Å². The summed E-state index contributed by atoms with van der Waals surface area (Å²) in [5.74, 6) is 0. The predicted molar refractivity (Wildman–Crippen MR) is 114 cm³/mol. The Morgan fingerprint density at radius 2 is 1.41 bits per heavy atom. The SMILES string of the molecule is Cc1ccccc1B1CC(c2ccccc2)(c2ccccc2)[C@@H]2CCC[NH+]12. The molecule has 1 N–H and O–H groups in total. The van der Waals surface area contributed by atoms with Gasteiger partial charge >= 0.3 is 6.85 Å². The lowest BCUT2D eigenvalue weighted by molar-refractivity contribution is -0.798. The number of quaternary nitrogens is 1. The van der Waals surface area contributed by atoms with E-state index in [4.69, 9.17) is 0 Å². The summed E-state index contributed by atoms with van der Waals surface area (Å²) < 4.78 is 0. The van der Waals surface area contributed by atoms with Gasteiger partial charge < -0.3 is 4.81 Å². The molecule has 2 heteroatoms. The van der Waals surface area contributed by atoms with Crippen LogP contribution in [0.15, 0.2) is 84.9 Å². The molecule has 27 heavy (non-hydrogen) atoms. The third-order valence-corrected chi connectivity index (χ3v) is 7.12. The van der Waals surface area contributed by atoms with Gasteiger partial charge in [0.05, 0.1) is 18.0 Å². The van der Waals surface area contributed by atoms with Crippen LogP contribution in [0.1, 0.15) is 29.5 Å². The zero-order chi connectivity index (χ0) is 18.3. The van der Waals surface area contributed by atoms with Crippen molar-refractivity contribution in [1.82, 2.24) is 0 Å². The summed E-state index contributed by atoms with van der Waals surface area (Å²) in [6.07, 6.45) is 3.86. The lowest BCUT2D eigenvalue weighted by Crippen LogP contribution is -3.19. The molecule has 1 unspecified atom stereocenters. The molecule has 2 heterocycles. The van der Waals surface area contributed by atoms with Crippen LogP contribution >= 0.6 is 0 Å². The first kappa shape index (κ1) is 16.8. The van der Waals surface area contributed by atoms with E-state index in [1.165, 1.54) is 42.4 Å². The van der Waals surface area contributed by atoms with Gasteiger partial charge in [-0.25, -0.2) is 0 Å². The first-order valence-electron chi connectivity index (χ1n) is 10.3. The van der Waals surface area contributed by atoms with E-state index >= 15 is 0 Å². The van der Waals surface area contributed by atoms with Crippen molar-refractivity contribution in [1.29, 1.82) is 0 Å². The Hall–Kier alpha value is -2.32. The van der Waals surface area contributed by atoms with Crippen LogP contribution < -0.4 is 10.3 Å². The average molecular weight is 352 g/mol.